The fourth-order valence-corrected chi connectivity index (χ4v) is 4.01. The first kappa shape index (κ1) is 19.6. The van der Waals surface area contributed by atoms with Crippen LogP contribution in [-0.4, -0.2) is 53.3 Å². The van der Waals surface area contributed by atoms with Crippen LogP contribution in [0.2, 0.25) is 0 Å². The van der Waals surface area contributed by atoms with Crippen molar-refractivity contribution < 1.29 is 23.5 Å². The molecule has 2 aliphatic rings. The highest BCUT2D eigenvalue weighted by Gasteiger charge is 2.45. The minimum absolute atomic E-state index is 0.00342. The lowest BCUT2D eigenvalue weighted by Gasteiger charge is -2.31. The maximum Gasteiger partial charge on any atom is 0.313 e. The molecule has 2 fully saturated rings. The number of nitrogens with zero attached hydrogens (tertiary/aromatic N) is 3. The number of carbonyl (C=O) groups is 2. The lowest BCUT2D eigenvalue weighted by Crippen LogP contribution is -2.44. The summed E-state index contributed by atoms with van der Waals surface area (Å²) in [6.45, 7) is 2.16. The van der Waals surface area contributed by atoms with Gasteiger partial charge in [-0.15, -0.1) is 10.2 Å². The van der Waals surface area contributed by atoms with Crippen LogP contribution in [0, 0.1) is 5.41 Å². The molecule has 1 aromatic heterocycles. The second-order valence-corrected chi connectivity index (χ2v) is 7.60. The highest BCUT2D eigenvalue weighted by molar-refractivity contribution is 5.86. The molecule has 0 spiro atoms. The van der Waals surface area contributed by atoms with Gasteiger partial charge in [-0.2, -0.15) is 0 Å². The van der Waals surface area contributed by atoms with Gasteiger partial charge in [0, 0.05) is 25.1 Å². The molecule has 0 radical (unpaired) electrons. The summed E-state index contributed by atoms with van der Waals surface area (Å²) in [4.78, 5) is 27.4. The van der Waals surface area contributed by atoms with E-state index < -0.39 is 5.41 Å². The van der Waals surface area contributed by atoms with Crippen molar-refractivity contribution in [3.8, 4) is 11.5 Å². The predicted octanol–water partition coefficient (Wildman–Crippen LogP) is 2.59. The normalized spacial score (nSPS) is 18.6. The average Bonchev–Trinajstić information content (AvgIpc) is 3.44. The molecular formula is C21H25N3O5. The highest BCUT2D eigenvalue weighted by Crippen LogP contribution is 2.43. The van der Waals surface area contributed by atoms with Gasteiger partial charge in [-0.1, -0.05) is 31.0 Å². The second kappa shape index (κ2) is 8.73. The van der Waals surface area contributed by atoms with Crippen molar-refractivity contribution in [1.82, 2.24) is 15.1 Å². The Kier molecular flexibility index (Phi) is 5.89. The monoisotopic (exact) mass is 399 g/mol. The number of morpholine rings is 1. The number of aromatic nitrogens is 2. The maximum atomic E-state index is 12.9. The molecule has 1 aromatic carbocycles. The third-order valence-electron chi connectivity index (χ3n) is 5.66. The van der Waals surface area contributed by atoms with E-state index in [1.807, 2.05) is 30.3 Å². The van der Waals surface area contributed by atoms with Crippen LogP contribution >= 0.6 is 0 Å². The Morgan fingerprint density at radius 1 is 1.07 bits per heavy atom. The lowest BCUT2D eigenvalue weighted by atomic mass is 9.82. The second-order valence-electron chi connectivity index (χ2n) is 7.60. The van der Waals surface area contributed by atoms with E-state index in [2.05, 4.69) is 10.2 Å². The fourth-order valence-electron chi connectivity index (χ4n) is 4.01. The van der Waals surface area contributed by atoms with E-state index in [4.69, 9.17) is 13.9 Å². The van der Waals surface area contributed by atoms with Gasteiger partial charge < -0.3 is 18.8 Å². The number of benzene rings is 1. The van der Waals surface area contributed by atoms with E-state index >= 15 is 0 Å². The van der Waals surface area contributed by atoms with Crippen molar-refractivity contribution in [2.24, 2.45) is 5.41 Å². The van der Waals surface area contributed by atoms with E-state index in [9.17, 15) is 9.59 Å². The SMILES string of the molecule is O=C(CC1(C(=O)OCc2nnc(-c3ccccc3)o2)CCCC1)N1CCOCC1. The Morgan fingerprint density at radius 3 is 2.52 bits per heavy atom. The van der Waals surface area contributed by atoms with Crippen LogP contribution in [0.15, 0.2) is 34.7 Å². The van der Waals surface area contributed by atoms with Gasteiger partial charge in [0.2, 0.25) is 11.8 Å². The fraction of sp³-hybridized carbons (Fsp3) is 0.524. The van der Waals surface area contributed by atoms with Gasteiger partial charge >= 0.3 is 5.97 Å². The zero-order valence-corrected chi connectivity index (χ0v) is 16.3. The third-order valence-corrected chi connectivity index (χ3v) is 5.66. The number of hydrogen-bond acceptors (Lipinski definition) is 7. The Bertz CT molecular complexity index is 839. The van der Waals surface area contributed by atoms with Crippen molar-refractivity contribution in [3.63, 3.8) is 0 Å². The van der Waals surface area contributed by atoms with Crippen molar-refractivity contribution in [2.45, 2.75) is 38.7 Å². The number of esters is 1. The largest absolute Gasteiger partial charge is 0.455 e. The summed E-state index contributed by atoms with van der Waals surface area (Å²) in [5.74, 6) is 0.270. The average molecular weight is 399 g/mol. The maximum absolute atomic E-state index is 12.9. The first-order valence-electron chi connectivity index (χ1n) is 10.1. The molecule has 1 amide bonds. The Balaban J connectivity index is 1.38. The summed E-state index contributed by atoms with van der Waals surface area (Å²) >= 11 is 0. The molecule has 0 bridgehead atoms. The van der Waals surface area contributed by atoms with Crippen LogP contribution in [0.25, 0.3) is 11.5 Å². The minimum atomic E-state index is -0.752. The zero-order chi connectivity index (χ0) is 20.1. The molecule has 1 aliphatic heterocycles. The third kappa shape index (κ3) is 4.48. The molecule has 29 heavy (non-hydrogen) atoms. The molecule has 0 unspecified atom stereocenters. The predicted molar refractivity (Wildman–Crippen MR) is 102 cm³/mol. The Hall–Kier alpha value is -2.74. The summed E-state index contributed by atoms with van der Waals surface area (Å²) in [6, 6.07) is 9.41. The molecule has 0 N–H and O–H groups in total. The zero-order valence-electron chi connectivity index (χ0n) is 16.3. The standard InChI is InChI=1S/C21H25N3O5/c25-18(24-10-12-27-13-11-24)14-21(8-4-5-9-21)20(26)28-15-17-22-23-19(29-17)16-6-2-1-3-7-16/h1-3,6-7H,4-5,8-15H2. The molecular weight excluding hydrogens is 374 g/mol. The molecule has 2 heterocycles. The quantitative estimate of drug-likeness (QED) is 0.689. The highest BCUT2D eigenvalue weighted by atomic mass is 16.5. The first-order valence-corrected chi connectivity index (χ1v) is 10.1. The summed E-state index contributed by atoms with van der Waals surface area (Å²) in [6.07, 6.45) is 3.36. The van der Waals surface area contributed by atoms with Crippen LogP contribution in [0.5, 0.6) is 0 Å². The number of carbonyl (C=O) groups excluding carboxylic acids is 2. The van der Waals surface area contributed by atoms with Crippen LogP contribution in [-0.2, 0) is 25.7 Å². The van der Waals surface area contributed by atoms with Crippen LogP contribution in [0.3, 0.4) is 0 Å². The number of hydrogen-bond donors (Lipinski definition) is 0. The summed E-state index contributed by atoms with van der Waals surface area (Å²) in [5.41, 5.74) is 0.0541. The van der Waals surface area contributed by atoms with Crippen molar-refractivity contribution >= 4 is 11.9 Å². The van der Waals surface area contributed by atoms with Gasteiger partial charge in [0.25, 0.3) is 5.89 Å². The van der Waals surface area contributed by atoms with Crippen molar-refractivity contribution in [3.05, 3.63) is 36.2 Å². The molecule has 1 aliphatic carbocycles. The number of rotatable bonds is 6. The van der Waals surface area contributed by atoms with Crippen molar-refractivity contribution in [1.29, 1.82) is 0 Å². The van der Waals surface area contributed by atoms with Gasteiger partial charge in [0.1, 0.15) is 0 Å². The lowest BCUT2D eigenvalue weighted by molar-refractivity contribution is -0.161. The number of ether oxygens (including phenoxy) is 2. The molecule has 154 valence electrons. The molecule has 0 atom stereocenters. The number of amides is 1. The van der Waals surface area contributed by atoms with Gasteiger partial charge in [-0.3, -0.25) is 9.59 Å². The van der Waals surface area contributed by atoms with Gasteiger partial charge in [0.05, 0.1) is 18.6 Å². The molecule has 1 saturated heterocycles. The molecule has 2 aromatic rings. The molecule has 1 saturated carbocycles. The van der Waals surface area contributed by atoms with E-state index in [1.54, 1.807) is 4.90 Å². The van der Waals surface area contributed by atoms with E-state index in [0.29, 0.717) is 45.0 Å². The van der Waals surface area contributed by atoms with Gasteiger partial charge in [-0.25, -0.2) is 0 Å². The molecule has 4 rings (SSSR count). The van der Waals surface area contributed by atoms with Gasteiger partial charge in [0.15, 0.2) is 6.61 Å². The smallest absolute Gasteiger partial charge is 0.313 e. The summed E-state index contributed by atoms with van der Waals surface area (Å²) in [7, 11) is 0. The Morgan fingerprint density at radius 2 is 1.79 bits per heavy atom. The van der Waals surface area contributed by atoms with E-state index in [-0.39, 0.29) is 30.8 Å². The van der Waals surface area contributed by atoms with E-state index in [0.717, 1.165) is 18.4 Å². The minimum Gasteiger partial charge on any atom is -0.455 e. The molecule has 8 heteroatoms. The van der Waals surface area contributed by atoms with Crippen LogP contribution in [0.1, 0.15) is 38.0 Å². The van der Waals surface area contributed by atoms with Crippen molar-refractivity contribution in [2.75, 3.05) is 26.3 Å². The Labute approximate surface area is 169 Å². The summed E-state index contributed by atoms with van der Waals surface area (Å²) in [5, 5.41) is 7.97. The first-order chi connectivity index (χ1) is 14.2. The summed E-state index contributed by atoms with van der Waals surface area (Å²) < 4.78 is 16.4. The van der Waals surface area contributed by atoms with E-state index in [1.165, 1.54) is 0 Å². The van der Waals surface area contributed by atoms with Gasteiger partial charge in [-0.05, 0) is 25.0 Å². The van der Waals surface area contributed by atoms with Crippen LogP contribution in [0.4, 0.5) is 0 Å². The topological polar surface area (TPSA) is 94.8 Å². The molecule has 8 nitrogen and oxygen atoms in total. The van der Waals surface area contributed by atoms with Crippen LogP contribution < -0.4 is 0 Å².